The fraction of sp³-hybridized carbons (Fsp3) is 0.364. The third-order valence-electron chi connectivity index (χ3n) is 5.64. The highest BCUT2D eigenvalue weighted by atomic mass is 19.4. The van der Waals surface area contributed by atoms with Crippen LogP contribution in [0.1, 0.15) is 24.0 Å². The minimum Gasteiger partial charge on any atom is -0.507 e. The largest absolute Gasteiger partial charge is 0.507 e. The Labute approximate surface area is 187 Å². The molecule has 1 unspecified atom stereocenters. The molecule has 1 fully saturated rings. The number of likely N-dealkylation sites (tertiary alicyclic amines) is 1. The molecule has 1 atom stereocenters. The maximum Gasteiger partial charge on any atom is 0.416 e. The van der Waals surface area contributed by atoms with Gasteiger partial charge in [-0.3, -0.25) is 14.7 Å². The molecule has 0 saturated carbocycles. The molecule has 1 saturated heterocycles. The van der Waals surface area contributed by atoms with Crippen molar-refractivity contribution in [2.75, 3.05) is 25.0 Å². The fourth-order valence-electron chi connectivity index (χ4n) is 4.23. The van der Waals surface area contributed by atoms with Gasteiger partial charge in [-0.05, 0) is 56.1 Å². The number of carbonyl (C=O) groups excluding carboxylic acids is 1. The predicted octanol–water partition coefficient (Wildman–Crippen LogP) is 3.09. The van der Waals surface area contributed by atoms with Crippen LogP contribution in [0.2, 0.25) is 0 Å². The summed E-state index contributed by atoms with van der Waals surface area (Å²) in [7, 11) is 0. The first-order chi connectivity index (χ1) is 15.6. The molecule has 0 bridgehead atoms. The van der Waals surface area contributed by atoms with Crippen molar-refractivity contribution in [3.63, 3.8) is 0 Å². The minimum atomic E-state index is -4.58. The summed E-state index contributed by atoms with van der Waals surface area (Å²) in [5.41, 5.74) is 5.32. The molecule has 33 heavy (non-hydrogen) atoms. The molecular formula is C22H23F3N6O2. The predicted molar refractivity (Wildman–Crippen MR) is 116 cm³/mol. The van der Waals surface area contributed by atoms with Crippen molar-refractivity contribution < 1.29 is 23.1 Å². The van der Waals surface area contributed by atoms with E-state index in [0.29, 0.717) is 29.3 Å². The number of nitrogens with two attached hydrogens (primary N) is 1. The standard InChI is InChI=1S/C22H23F3N6O2/c1-12-8-13(22(23,24)25)9-16(32)18(12)20-19-15(5-2-6-27-19)21(30-29-20)28-14-4-3-7-31(10-14)11-17(26)33/h2,5-6,8-9,14,32H,3-4,7,10-11H2,1H3,(H2,26,33)(H,28,30). The molecular weight excluding hydrogens is 437 g/mol. The monoisotopic (exact) mass is 460 g/mol. The number of alkyl halides is 3. The number of aromatic hydroxyl groups is 1. The molecule has 11 heteroatoms. The average Bonchev–Trinajstić information content (AvgIpc) is 2.74. The van der Waals surface area contributed by atoms with Crippen LogP contribution in [-0.4, -0.2) is 56.8 Å². The van der Waals surface area contributed by atoms with Crippen LogP contribution in [0.25, 0.3) is 22.2 Å². The zero-order valence-corrected chi connectivity index (χ0v) is 17.9. The lowest BCUT2D eigenvalue weighted by molar-refractivity contribution is -0.137. The lowest BCUT2D eigenvalue weighted by Gasteiger charge is -2.32. The van der Waals surface area contributed by atoms with Gasteiger partial charge >= 0.3 is 6.18 Å². The van der Waals surface area contributed by atoms with Crippen molar-refractivity contribution >= 4 is 22.6 Å². The number of primary amides is 1. The fourth-order valence-corrected chi connectivity index (χ4v) is 4.23. The summed E-state index contributed by atoms with van der Waals surface area (Å²) < 4.78 is 39.4. The molecule has 174 valence electrons. The van der Waals surface area contributed by atoms with E-state index in [1.54, 1.807) is 18.3 Å². The van der Waals surface area contributed by atoms with Crippen LogP contribution >= 0.6 is 0 Å². The molecule has 4 rings (SSSR count). The molecule has 1 aromatic carbocycles. The number of piperidine rings is 1. The second-order valence-electron chi connectivity index (χ2n) is 8.17. The lowest BCUT2D eigenvalue weighted by atomic mass is 9.99. The van der Waals surface area contributed by atoms with E-state index >= 15 is 0 Å². The number of anilines is 1. The van der Waals surface area contributed by atoms with Crippen LogP contribution in [-0.2, 0) is 11.0 Å². The molecule has 3 aromatic rings. The number of aromatic nitrogens is 3. The van der Waals surface area contributed by atoms with Crippen molar-refractivity contribution in [1.82, 2.24) is 20.1 Å². The Kier molecular flexibility index (Phi) is 6.07. The highest BCUT2D eigenvalue weighted by molar-refractivity contribution is 5.98. The van der Waals surface area contributed by atoms with Crippen LogP contribution in [0.3, 0.4) is 0 Å². The summed E-state index contributed by atoms with van der Waals surface area (Å²) in [6.07, 6.45) is -1.30. The number of amides is 1. The zero-order valence-electron chi connectivity index (χ0n) is 17.9. The molecule has 2 aromatic heterocycles. The molecule has 1 amide bonds. The van der Waals surface area contributed by atoms with Gasteiger partial charge in [0.1, 0.15) is 17.0 Å². The van der Waals surface area contributed by atoms with Gasteiger partial charge in [-0.15, -0.1) is 10.2 Å². The van der Waals surface area contributed by atoms with Crippen molar-refractivity contribution in [3.05, 3.63) is 41.6 Å². The number of hydrogen-bond acceptors (Lipinski definition) is 7. The second kappa shape index (κ2) is 8.81. The van der Waals surface area contributed by atoms with E-state index in [9.17, 15) is 23.1 Å². The van der Waals surface area contributed by atoms with Gasteiger partial charge < -0.3 is 16.2 Å². The van der Waals surface area contributed by atoms with Gasteiger partial charge in [0.2, 0.25) is 5.91 Å². The Morgan fingerprint density at radius 2 is 2.12 bits per heavy atom. The number of rotatable bonds is 5. The third-order valence-corrected chi connectivity index (χ3v) is 5.64. The number of phenols is 1. The van der Waals surface area contributed by atoms with E-state index < -0.39 is 17.5 Å². The Bertz CT molecular complexity index is 1180. The van der Waals surface area contributed by atoms with Crippen molar-refractivity contribution in [1.29, 1.82) is 0 Å². The summed E-state index contributed by atoms with van der Waals surface area (Å²) in [6.45, 7) is 3.03. The van der Waals surface area contributed by atoms with Crippen LogP contribution in [0.15, 0.2) is 30.5 Å². The molecule has 0 spiro atoms. The molecule has 4 N–H and O–H groups in total. The summed E-state index contributed by atoms with van der Waals surface area (Å²) in [5, 5.41) is 22.9. The molecule has 8 nitrogen and oxygen atoms in total. The van der Waals surface area contributed by atoms with Gasteiger partial charge in [0, 0.05) is 29.7 Å². The molecule has 0 radical (unpaired) electrons. The van der Waals surface area contributed by atoms with E-state index in [2.05, 4.69) is 20.5 Å². The number of fused-ring (bicyclic) bond motifs is 1. The number of carbonyl (C=O) groups is 1. The van der Waals surface area contributed by atoms with E-state index in [-0.39, 0.29) is 35.3 Å². The summed E-state index contributed by atoms with van der Waals surface area (Å²) in [6, 6.07) is 5.15. The number of hydrogen-bond donors (Lipinski definition) is 3. The molecule has 1 aliphatic rings. The van der Waals surface area contributed by atoms with Crippen molar-refractivity contribution in [2.24, 2.45) is 5.73 Å². The lowest BCUT2D eigenvalue weighted by Crippen LogP contribution is -2.45. The number of pyridine rings is 1. The second-order valence-corrected chi connectivity index (χ2v) is 8.17. The first-order valence-corrected chi connectivity index (χ1v) is 10.4. The van der Waals surface area contributed by atoms with Gasteiger partial charge in [0.25, 0.3) is 0 Å². The van der Waals surface area contributed by atoms with Crippen LogP contribution in [0.5, 0.6) is 5.75 Å². The highest BCUT2D eigenvalue weighted by Crippen LogP contribution is 2.40. The Hall–Kier alpha value is -3.47. The van der Waals surface area contributed by atoms with Gasteiger partial charge in [0.15, 0.2) is 5.82 Å². The number of nitrogens with one attached hydrogen (secondary N) is 1. The number of aryl methyl sites for hydroxylation is 1. The highest BCUT2D eigenvalue weighted by Gasteiger charge is 2.32. The minimum absolute atomic E-state index is 0.00265. The number of benzene rings is 1. The van der Waals surface area contributed by atoms with Gasteiger partial charge in [0.05, 0.1) is 12.1 Å². The quantitative estimate of drug-likeness (QED) is 0.536. The van der Waals surface area contributed by atoms with E-state index in [1.165, 1.54) is 6.92 Å². The maximum absolute atomic E-state index is 13.1. The van der Waals surface area contributed by atoms with Crippen molar-refractivity contribution in [2.45, 2.75) is 32.0 Å². The van der Waals surface area contributed by atoms with E-state index in [0.717, 1.165) is 25.5 Å². The van der Waals surface area contributed by atoms with Gasteiger partial charge in [-0.25, -0.2) is 0 Å². The third kappa shape index (κ3) is 4.82. The summed E-state index contributed by atoms with van der Waals surface area (Å²) in [5.74, 6) is -0.461. The first-order valence-electron chi connectivity index (χ1n) is 10.4. The summed E-state index contributed by atoms with van der Waals surface area (Å²) in [4.78, 5) is 17.6. The van der Waals surface area contributed by atoms with E-state index in [1.807, 2.05) is 4.90 Å². The smallest absolute Gasteiger partial charge is 0.416 e. The Balaban J connectivity index is 1.70. The van der Waals surface area contributed by atoms with Crippen LogP contribution in [0.4, 0.5) is 19.0 Å². The topological polar surface area (TPSA) is 117 Å². The number of nitrogens with zero attached hydrogens (tertiary/aromatic N) is 4. The van der Waals surface area contributed by atoms with Crippen molar-refractivity contribution in [3.8, 4) is 17.0 Å². The van der Waals surface area contributed by atoms with Crippen LogP contribution < -0.4 is 11.1 Å². The van der Waals surface area contributed by atoms with E-state index in [4.69, 9.17) is 5.73 Å². The van der Waals surface area contributed by atoms with Gasteiger partial charge in [-0.2, -0.15) is 13.2 Å². The summed E-state index contributed by atoms with van der Waals surface area (Å²) >= 11 is 0. The first kappa shape index (κ1) is 22.7. The normalized spacial score (nSPS) is 17.3. The number of phenolic OH excluding ortho intramolecular Hbond substituents is 1. The van der Waals surface area contributed by atoms with Gasteiger partial charge in [-0.1, -0.05) is 0 Å². The maximum atomic E-state index is 13.1. The van der Waals surface area contributed by atoms with Crippen LogP contribution in [0, 0.1) is 6.92 Å². The zero-order chi connectivity index (χ0) is 23.8. The Morgan fingerprint density at radius 1 is 1.33 bits per heavy atom. The molecule has 1 aliphatic heterocycles. The Morgan fingerprint density at radius 3 is 2.82 bits per heavy atom. The molecule has 3 heterocycles. The average molecular weight is 460 g/mol. The SMILES string of the molecule is Cc1cc(C(F)(F)F)cc(O)c1-c1nnc(NC2CCCN(CC(N)=O)C2)c2cccnc12. The molecule has 0 aliphatic carbocycles. The number of halogens is 3.